The van der Waals surface area contributed by atoms with Gasteiger partial charge in [-0.1, -0.05) is 6.58 Å². The number of aromatic nitrogens is 5. The number of amidine groups is 1. The van der Waals surface area contributed by atoms with Crippen LogP contribution in [0.25, 0.3) is 0 Å². The molecule has 3 rings (SSSR count). The Kier molecular flexibility index (Phi) is 8.51. The van der Waals surface area contributed by atoms with Gasteiger partial charge in [0.2, 0.25) is 0 Å². The summed E-state index contributed by atoms with van der Waals surface area (Å²) < 4.78 is 2.67. The fourth-order valence-electron chi connectivity index (χ4n) is 2.84. The van der Waals surface area contributed by atoms with Crippen molar-refractivity contribution in [2.75, 3.05) is 22.5 Å². The van der Waals surface area contributed by atoms with E-state index in [1.165, 1.54) is 33.9 Å². The predicted molar refractivity (Wildman–Crippen MR) is 140 cm³/mol. The van der Waals surface area contributed by atoms with Crippen LogP contribution in [0.1, 0.15) is 37.9 Å². The standard InChI is InChI=1S/C20H22BrN11O4S/c1-9(21)16(33)28-20-25-10(8-37-20)17(34)26-14-7-12(32(3)29-14)19(36)27-15-6-11(31(2)30-15)18(35)24-5-4-13(22)23/h6-8H,1,4-5H2,2-3H3,(H3,22,23)(H,24,35)(H,25,28,33)(H,26,29,34)(H,27,30,36). The van der Waals surface area contributed by atoms with Crippen LogP contribution < -0.4 is 27.0 Å². The minimum absolute atomic E-state index is 0.0414. The van der Waals surface area contributed by atoms with E-state index in [-0.39, 0.29) is 57.1 Å². The van der Waals surface area contributed by atoms with Crippen LogP contribution in [0.3, 0.4) is 0 Å². The minimum atomic E-state index is -0.593. The number of halogens is 1. The molecule has 0 spiro atoms. The molecule has 0 atom stereocenters. The minimum Gasteiger partial charge on any atom is -0.388 e. The Bertz CT molecular complexity index is 1410. The second-order valence-electron chi connectivity index (χ2n) is 7.41. The molecule has 194 valence electrons. The number of aryl methyl sites for hydroxylation is 2. The fourth-order valence-corrected chi connectivity index (χ4v) is 3.63. The summed E-state index contributed by atoms with van der Waals surface area (Å²) in [5, 5.41) is 27.3. The normalized spacial score (nSPS) is 10.5. The molecule has 0 fully saturated rings. The molecule has 0 aliphatic carbocycles. The summed E-state index contributed by atoms with van der Waals surface area (Å²) in [5.74, 6) is -1.93. The zero-order chi connectivity index (χ0) is 27.3. The molecule has 37 heavy (non-hydrogen) atoms. The van der Waals surface area contributed by atoms with Gasteiger partial charge in [-0.3, -0.25) is 39.3 Å². The molecule has 0 aliphatic heterocycles. The number of amides is 4. The van der Waals surface area contributed by atoms with Crippen LogP contribution in [0.4, 0.5) is 16.8 Å². The van der Waals surface area contributed by atoms with Crippen LogP contribution in [-0.4, -0.2) is 60.6 Å². The number of hydrogen-bond acceptors (Lipinski definition) is 9. The second-order valence-corrected chi connectivity index (χ2v) is 9.23. The van der Waals surface area contributed by atoms with Crippen LogP contribution >= 0.6 is 27.3 Å². The lowest BCUT2D eigenvalue weighted by atomic mass is 10.3. The lowest BCUT2D eigenvalue weighted by molar-refractivity contribution is -0.112. The molecule has 15 nitrogen and oxygen atoms in total. The highest BCUT2D eigenvalue weighted by Gasteiger charge is 2.20. The van der Waals surface area contributed by atoms with E-state index in [0.29, 0.717) is 0 Å². The molecule has 0 radical (unpaired) electrons. The topological polar surface area (TPSA) is 215 Å². The van der Waals surface area contributed by atoms with Crippen LogP contribution in [-0.2, 0) is 18.9 Å². The highest BCUT2D eigenvalue weighted by atomic mass is 79.9. The Balaban J connectivity index is 1.63. The van der Waals surface area contributed by atoms with Crippen molar-refractivity contribution in [1.82, 2.24) is 29.9 Å². The van der Waals surface area contributed by atoms with Gasteiger partial charge in [0.05, 0.1) is 10.3 Å². The largest absolute Gasteiger partial charge is 0.388 e. The molecule has 0 bridgehead atoms. The quantitative estimate of drug-likeness (QED) is 0.113. The van der Waals surface area contributed by atoms with Gasteiger partial charge in [-0.2, -0.15) is 10.2 Å². The van der Waals surface area contributed by atoms with Gasteiger partial charge < -0.3 is 21.7 Å². The Morgan fingerprint density at radius 2 is 1.59 bits per heavy atom. The van der Waals surface area contributed by atoms with Gasteiger partial charge in [0.25, 0.3) is 23.6 Å². The molecular formula is C20H22BrN11O4S. The Hall–Kier alpha value is -4.38. The smallest absolute Gasteiger partial charge is 0.276 e. The Morgan fingerprint density at radius 1 is 1.03 bits per heavy atom. The van der Waals surface area contributed by atoms with E-state index in [4.69, 9.17) is 11.1 Å². The number of carbonyl (C=O) groups excluding carboxylic acids is 4. The molecule has 3 heterocycles. The van der Waals surface area contributed by atoms with Crippen molar-refractivity contribution in [3.63, 3.8) is 0 Å². The number of carbonyl (C=O) groups is 4. The molecule has 0 aliphatic rings. The average Bonchev–Trinajstić information content (AvgIpc) is 3.52. The summed E-state index contributed by atoms with van der Waals surface area (Å²) in [5.41, 5.74) is 5.61. The highest BCUT2D eigenvalue weighted by molar-refractivity contribution is 9.12. The number of hydrogen-bond donors (Lipinski definition) is 6. The number of nitrogens with two attached hydrogens (primary N) is 1. The number of nitrogens with one attached hydrogen (secondary N) is 5. The molecular weight excluding hydrogens is 570 g/mol. The van der Waals surface area contributed by atoms with Gasteiger partial charge in [0.1, 0.15) is 17.1 Å². The Morgan fingerprint density at radius 3 is 2.16 bits per heavy atom. The monoisotopic (exact) mass is 591 g/mol. The van der Waals surface area contributed by atoms with Crippen LogP contribution in [0.2, 0.25) is 0 Å². The van der Waals surface area contributed by atoms with E-state index < -0.39 is 23.6 Å². The van der Waals surface area contributed by atoms with Crippen molar-refractivity contribution in [2.45, 2.75) is 6.42 Å². The molecule has 7 N–H and O–H groups in total. The maximum Gasteiger partial charge on any atom is 0.276 e. The van der Waals surface area contributed by atoms with Gasteiger partial charge in [-0.15, -0.1) is 11.3 Å². The maximum absolute atomic E-state index is 12.8. The molecule has 0 saturated heterocycles. The molecule has 4 amide bonds. The van der Waals surface area contributed by atoms with E-state index in [0.717, 1.165) is 11.3 Å². The van der Waals surface area contributed by atoms with Crippen molar-refractivity contribution >= 4 is 73.5 Å². The van der Waals surface area contributed by atoms with Gasteiger partial charge in [-0.05, 0) is 15.9 Å². The Labute approximate surface area is 222 Å². The summed E-state index contributed by atoms with van der Waals surface area (Å²) in [6.07, 6.45) is 0.208. The third-order valence-corrected chi connectivity index (χ3v) is 5.71. The highest BCUT2D eigenvalue weighted by Crippen LogP contribution is 2.19. The molecule has 0 unspecified atom stereocenters. The average molecular weight is 592 g/mol. The summed E-state index contributed by atoms with van der Waals surface area (Å²) in [6.45, 7) is 3.64. The summed E-state index contributed by atoms with van der Waals surface area (Å²) >= 11 is 4.01. The number of rotatable bonds is 10. The van der Waals surface area contributed by atoms with Gasteiger partial charge in [0.15, 0.2) is 16.8 Å². The molecule has 0 saturated carbocycles. The van der Waals surface area contributed by atoms with E-state index in [9.17, 15) is 19.2 Å². The molecule has 3 aromatic heterocycles. The van der Waals surface area contributed by atoms with Crippen molar-refractivity contribution in [3.8, 4) is 0 Å². The van der Waals surface area contributed by atoms with Crippen molar-refractivity contribution in [3.05, 3.63) is 45.7 Å². The van der Waals surface area contributed by atoms with Gasteiger partial charge in [-0.25, -0.2) is 4.98 Å². The van der Waals surface area contributed by atoms with Gasteiger partial charge >= 0.3 is 0 Å². The van der Waals surface area contributed by atoms with Crippen molar-refractivity contribution < 1.29 is 19.2 Å². The van der Waals surface area contributed by atoms with Crippen LogP contribution in [0.15, 0.2) is 28.6 Å². The number of thiazole rings is 1. The summed E-state index contributed by atoms with van der Waals surface area (Å²) in [4.78, 5) is 53.3. The molecule has 0 aromatic carbocycles. The SMILES string of the molecule is C=C(Br)C(=O)Nc1nc(C(=O)Nc2cc(C(=O)Nc3cc(C(=O)NCCC(=N)N)n(C)n3)n(C)n2)cs1. The number of nitrogens with zero attached hydrogens (tertiary/aromatic N) is 5. The van der Waals surface area contributed by atoms with Gasteiger partial charge in [0, 0.05) is 44.6 Å². The van der Waals surface area contributed by atoms with E-state index >= 15 is 0 Å². The van der Waals surface area contributed by atoms with E-state index in [1.54, 1.807) is 7.05 Å². The second kappa shape index (κ2) is 11.6. The predicted octanol–water partition coefficient (Wildman–Crippen LogP) is 1.02. The molecule has 3 aromatic rings. The van der Waals surface area contributed by atoms with Crippen LogP contribution in [0.5, 0.6) is 0 Å². The summed E-state index contributed by atoms with van der Waals surface area (Å²) in [7, 11) is 3.05. The zero-order valence-electron chi connectivity index (χ0n) is 19.6. The third kappa shape index (κ3) is 7.07. The van der Waals surface area contributed by atoms with E-state index in [1.807, 2.05) is 0 Å². The first-order valence-electron chi connectivity index (χ1n) is 10.4. The first-order valence-corrected chi connectivity index (χ1v) is 12.0. The maximum atomic E-state index is 12.8. The third-order valence-electron chi connectivity index (χ3n) is 4.59. The van der Waals surface area contributed by atoms with Crippen LogP contribution in [0, 0.1) is 5.41 Å². The lowest BCUT2D eigenvalue weighted by Crippen LogP contribution is -2.29. The zero-order valence-corrected chi connectivity index (χ0v) is 22.0. The summed E-state index contributed by atoms with van der Waals surface area (Å²) in [6, 6.07) is 2.75. The molecule has 17 heteroatoms. The number of anilines is 3. The first-order chi connectivity index (χ1) is 17.4. The lowest BCUT2D eigenvalue weighted by Gasteiger charge is -2.03. The van der Waals surface area contributed by atoms with Crippen molar-refractivity contribution in [2.24, 2.45) is 19.8 Å². The first kappa shape index (κ1) is 27.2. The fraction of sp³-hybridized carbons (Fsp3) is 0.200. The van der Waals surface area contributed by atoms with Crippen molar-refractivity contribution in [1.29, 1.82) is 5.41 Å². The van der Waals surface area contributed by atoms with E-state index in [2.05, 4.69) is 59.0 Å².